The van der Waals surface area contributed by atoms with Crippen LogP contribution in [0.5, 0.6) is 0 Å². The summed E-state index contributed by atoms with van der Waals surface area (Å²) in [6.45, 7) is 7.13. The third kappa shape index (κ3) is 3.32. The van der Waals surface area contributed by atoms with Crippen molar-refractivity contribution in [1.82, 2.24) is 10.2 Å². The molecule has 2 rings (SSSR count). The maximum absolute atomic E-state index is 12.6. The van der Waals surface area contributed by atoms with Gasteiger partial charge in [-0.3, -0.25) is 14.5 Å². The Bertz CT molecular complexity index is 543. The first kappa shape index (κ1) is 15.7. The number of likely N-dealkylation sites (N-methyl/N-ethyl adjacent to an activating group) is 1. The Morgan fingerprint density at radius 2 is 1.86 bits per heavy atom. The molecule has 0 bridgehead atoms. The van der Waals surface area contributed by atoms with Crippen LogP contribution in [-0.4, -0.2) is 42.8 Å². The molecule has 114 valence electrons. The fraction of sp³-hybridized carbons (Fsp3) is 0.529. The lowest BCUT2D eigenvalue weighted by atomic mass is 9.96. The zero-order valence-corrected chi connectivity index (χ0v) is 13.3. The van der Waals surface area contributed by atoms with Crippen molar-refractivity contribution < 1.29 is 9.59 Å². The molecule has 21 heavy (non-hydrogen) atoms. The van der Waals surface area contributed by atoms with Crippen LogP contribution in [0.1, 0.15) is 39.9 Å². The van der Waals surface area contributed by atoms with Crippen LogP contribution in [0.15, 0.2) is 12.1 Å². The third-order valence-electron chi connectivity index (χ3n) is 4.22. The second-order valence-electron chi connectivity index (χ2n) is 5.94. The number of hydrogen-bond donors (Lipinski definition) is 1. The Morgan fingerprint density at radius 3 is 2.43 bits per heavy atom. The second-order valence-corrected chi connectivity index (χ2v) is 5.94. The number of benzene rings is 1. The summed E-state index contributed by atoms with van der Waals surface area (Å²) < 4.78 is 0. The molecule has 1 fully saturated rings. The molecule has 1 aromatic rings. The molecule has 1 heterocycles. The molecular formula is C17H24N2O2. The van der Waals surface area contributed by atoms with Crippen LogP contribution < -0.4 is 5.32 Å². The summed E-state index contributed by atoms with van der Waals surface area (Å²) in [4.78, 5) is 26.5. The molecule has 1 atom stereocenters. The van der Waals surface area contributed by atoms with Crippen molar-refractivity contribution in [2.24, 2.45) is 0 Å². The zero-order chi connectivity index (χ0) is 15.6. The summed E-state index contributed by atoms with van der Waals surface area (Å²) >= 11 is 0. The number of nitrogens with zero attached hydrogens (tertiary/aromatic N) is 1. The van der Waals surface area contributed by atoms with E-state index in [1.54, 1.807) is 7.05 Å². The first-order valence-corrected chi connectivity index (χ1v) is 7.50. The van der Waals surface area contributed by atoms with E-state index in [1.807, 2.05) is 37.8 Å². The second kappa shape index (κ2) is 6.39. The number of nitrogens with one attached hydrogen (secondary N) is 1. The lowest BCUT2D eigenvalue weighted by Gasteiger charge is -2.23. The number of Topliss-reactive ketones (excluding diaryl/α,β-unsaturated/α-hetero) is 1. The van der Waals surface area contributed by atoms with Crippen LogP contribution in [-0.2, 0) is 4.79 Å². The Labute approximate surface area is 126 Å². The molecule has 1 N–H and O–H groups in total. The number of carbonyl (C=O) groups excluding carboxylic acids is 2. The molecule has 1 aromatic carbocycles. The van der Waals surface area contributed by atoms with Gasteiger partial charge in [-0.1, -0.05) is 17.7 Å². The lowest BCUT2D eigenvalue weighted by molar-refractivity contribution is -0.124. The predicted octanol–water partition coefficient (Wildman–Crippen LogP) is 2.00. The third-order valence-corrected chi connectivity index (χ3v) is 4.22. The van der Waals surface area contributed by atoms with E-state index < -0.39 is 0 Å². The van der Waals surface area contributed by atoms with Gasteiger partial charge in [0, 0.05) is 12.6 Å². The van der Waals surface area contributed by atoms with E-state index in [1.165, 1.54) is 5.56 Å². The van der Waals surface area contributed by atoms with Gasteiger partial charge in [0.1, 0.15) is 0 Å². The summed E-state index contributed by atoms with van der Waals surface area (Å²) in [6, 6.07) is 3.92. The number of rotatable bonds is 4. The highest BCUT2D eigenvalue weighted by Gasteiger charge is 2.31. The first-order chi connectivity index (χ1) is 9.93. The van der Waals surface area contributed by atoms with Crippen molar-refractivity contribution in [1.29, 1.82) is 0 Å². The van der Waals surface area contributed by atoms with Gasteiger partial charge in [-0.15, -0.1) is 0 Å². The molecule has 0 aliphatic carbocycles. The molecule has 4 heteroatoms. The first-order valence-electron chi connectivity index (χ1n) is 7.50. The van der Waals surface area contributed by atoms with Crippen LogP contribution in [0.2, 0.25) is 0 Å². The van der Waals surface area contributed by atoms with Gasteiger partial charge in [0.2, 0.25) is 5.91 Å². The highest BCUT2D eigenvalue weighted by molar-refractivity contribution is 6.00. The minimum Gasteiger partial charge on any atom is -0.358 e. The van der Waals surface area contributed by atoms with Crippen LogP contribution in [0.25, 0.3) is 0 Å². The maximum Gasteiger partial charge on any atom is 0.237 e. The van der Waals surface area contributed by atoms with Crippen molar-refractivity contribution in [2.45, 2.75) is 39.7 Å². The molecule has 0 spiro atoms. The van der Waals surface area contributed by atoms with Crippen molar-refractivity contribution in [3.63, 3.8) is 0 Å². The molecule has 0 saturated carbocycles. The van der Waals surface area contributed by atoms with E-state index in [4.69, 9.17) is 0 Å². The molecule has 0 radical (unpaired) electrons. The molecule has 1 aliphatic rings. The largest absolute Gasteiger partial charge is 0.358 e. The molecule has 0 aromatic heterocycles. The van der Waals surface area contributed by atoms with E-state index >= 15 is 0 Å². The average Bonchev–Trinajstić information content (AvgIpc) is 2.84. The average molecular weight is 288 g/mol. The van der Waals surface area contributed by atoms with Crippen LogP contribution in [0.4, 0.5) is 0 Å². The molecular weight excluding hydrogens is 264 g/mol. The van der Waals surface area contributed by atoms with Gasteiger partial charge >= 0.3 is 0 Å². The number of carbonyl (C=O) groups is 2. The summed E-state index contributed by atoms with van der Waals surface area (Å²) in [6.07, 6.45) is 1.80. The Kier molecular flexibility index (Phi) is 4.78. The number of likely N-dealkylation sites (tertiary alicyclic amines) is 1. The summed E-state index contributed by atoms with van der Waals surface area (Å²) in [5, 5.41) is 2.69. The number of amides is 1. The molecule has 1 amide bonds. The lowest BCUT2D eigenvalue weighted by Crippen LogP contribution is -2.44. The minimum atomic E-state index is -0.162. The molecule has 1 unspecified atom stereocenters. The van der Waals surface area contributed by atoms with Gasteiger partial charge in [0.05, 0.1) is 12.6 Å². The molecule has 1 aliphatic heterocycles. The fourth-order valence-electron chi connectivity index (χ4n) is 3.36. The maximum atomic E-state index is 12.6. The van der Waals surface area contributed by atoms with E-state index in [2.05, 4.69) is 5.32 Å². The standard InChI is InChI=1S/C17H24N2O2/c1-11-8-12(2)16(13(3)9-11)15(20)10-19-7-5-6-14(19)17(21)18-4/h8-9,14H,5-7,10H2,1-4H3,(H,18,21). The summed E-state index contributed by atoms with van der Waals surface area (Å²) in [5.74, 6) is 0.124. The van der Waals surface area contributed by atoms with Crippen molar-refractivity contribution >= 4 is 11.7 Å². The number of hydrogen-bond acceptors (Lipinski definition) is 3. The predicted molar refractivity (Wildman–Crippen MR) is 83.6 cm³/mol. The Hall–Kier alpha value is -1.68. The van der Waals surface area contributed by atoms with Crippen LogP contribution >= 0.6 is 0 Å². The Balaban J connectivity index is 2.17. The topological polar surface area (TPSA) is 49.4 Å². The quantitative estimate of drug-likeness (QED) is 0.862. The smallest absolute Gasteiger partial charge is 0.237 e. The van der Waals surface area contributed by atoms with E-state index in [9.17, 15) is 9.59 Å². The van der Waals surface area contributed by atoms with Crippen LogP contribution in [0, 0.1) is 20.8 Å². The van der Waals surface area contributed by atoms with E-state index in [0.717, 1.165) is 36.1 Å². The minimum absolute atomic E-state index is 0.0117. The number of ketones is 1. The van der Waals surface area contributed by atoms with Gasteiger partial charge < -0.3 is 5.32 Å². The SMILES string of the molecule is CNC(=O)C1CCCN1CC(=O)c1c(C)cc(C)cc1C. The summed E-state index contributed by atoms with van der Waals surface area (Å²) in [7, 11) is 1.65. The molecule has 4 nitrogen and oxygen atoms in total. The van der Waals surface area contributed by atoms with Crippen molar-refractivity contribution in [3.05, 3.63) is 34.4 Å². The highest BCUT2D eigenvalue weighted by atomic mass is 16.2. The van der Waals surface area contributed by atoms with Gasteiger partial charge in [0.15, 0.2) is 5.78 Å². The van der Waals surface area contributed by atoms with Crippen molar-refractivity contribution in [3.8, 4) is 0 Å². The fourth-order valence-corrected chi connectivity index (χ4v) is 3.36. The van der Waals surface area contributed by atoms with Gasteiger partial charge in [-0.25, -0.2) is 0 Å². The highest BCUT2D eigenvalue weighted by Crippen LogP contribution is 2.21. The molecule has 1 saturated heterocycles. The zero-order valence-electron chi connectivity index (χ0n) is 13.3. The van der Waals surface area contributed by atoms with E-state index in [0.29, 0.717) is 6.54 Å². The summed E-state index contributed by atoms with van der Waals surface area (Å²) in [5.41, 5.74) is 4.02. The van der Waals surface area contributed by atoms with Gasteiger partial charge in [0.25, 0.3) is 0 Å². The van der Waals surface area contributed by atoms with Crippen LogP contribution in [0.3, 0.4) is 0 Å². The van der Waals surface area contributed by atoms with Crippen molar-refractivity contribution in [2.75, 3.05) is 20.1 Å². The normalized spacial score (nSPS) is 18.8. The van der Waals surface area contributed by atoms with Gasteiger partial charge in [-0.2, -0.15) is 0 Å². The Morgan fingerprint density at radius 1 is 1.24 bits per heavy atom. The van der Waals surface area contributed by atoms with E-state index in [-0.39, 0.29) is 17.7 Å². The van der Waals surface area contributed by atoms with Gasteiger partial charge in [-0.05, 0) is 51.3 Å². The number of aryl methyl sites for hydroxylation is 3. The monoisotopic (exact) mass is 288 g/mol.